The lowest BCUT2D eigenvalue weighted by molar-refractivity contribution is 0.0949. The van der Waals surface area contributed by atoms with Crippen molar-refractivity contribution < 1.29 is 14.4 Å². The van der Waals surface area contributed by atoms with Crippen LogP contribution in [0.2, 0.25) is 0 Å². The molecular formula is C22H20N4O3. The van der Waals surface area contributed by atoms with Gasteiger partial charge in [0.05, 0.1) is 0 Å². The molecule has 0 aliphatic carbocycles. The Kier molecular flexibility index (Phi) is 6.22. The van der Waals surface area contributed by atoms with Crippen LogP contribution in [-0.4, -0.2) is 17.8 Å². The molecule has 0 heterocycles. The minimum atomic E-state index is -0.494. The summed E-state index contributed by atoms with van der Waals surface area (Å²) < 4.78 is 0. The molecule has 0 radical (unpaired) electrons. The second-order valence-electron chi connectivity index (χ2n) is 6.27. The number of carbonyl (C=O) groups is 3. The maximum Gasteiger partial charge on any atom is 0.323 e. The van der Waals surface area contributed by atoms with Gasteiger partial charge in [0.1, 0.15) is 0 Å². The monoisotopic (exact) mass is 388 g/mol. The van der Waals surface area contributed by atoms with Gasteiger partial charge in [0.15, 0.2) is 0 Å². The van der Waals surface area contributed by atoms with Crippen LogP contribution < -0.4 is 21.7 Å². The molecule has 146 valence electrons. The predicted molar refractivity (Wildman–Crippen MR) is 112 cm³/mol. The van der Waals surface area contributed by atoms with E-state index in [9.17, 15) is 14.4 Å². The molecule has 0 bridgehead atoms. The Morgan fingerprint density at radius 3 is 1.83 bits per heavy atom. The molecule has 0 saturated carbocycles. The van der Waals surface area contributed by atoms with Gasteiger partial charge in [0.25, 0.3) is 5.91 Å². The standard InChI is InChI=1S/C22H20N4O3/c23-20(27)16-8-6-15(7-9-16)14-24-21(28)17-10-12-19(13-11-17)26-22(29)25-18-4-2-1-3-5-18/h1-13H,14H2,(H2,23,27)(H,24,28)(H2,25,26,29). The number of hydrogen-bond donors (Lipinski definition) is 4. The Labute approximate surface area is 167 Å². The lowest BCUT2D eigenvalue weighted by Gasteiger charge is -2.09. The van der Waals surface area contributed by atoms with Gasteiger partial charge in [-0.05, 0) is 54.1 Å². The molecule has 0 atom stereocenters. The number of anilines is 2. The number of carbonyl (C=O) groups excluding carboxylic acids is 3. The van der Waals surface area contributed by atoms with Crippen LogP contribution in [0.1, 0.15) is 26.3 Å². The fraction of sp³-hybridized carbons (Fsp3) is 0.0455. The van der Waals surface area contributed by atoms with Gasteiger partial charge in [-0.3, -0.25) is 9.59 Å². The summed E-state index contributed by atoms with van der Waals surface area (Å²) in [6.45, 7) is 0.317. The molecule has 29 heavy (non-hydrogen) atoms. The highest BCUT2D eigenvalue weighted by Crippen LogP contribution is 2.12. The fourth-order valence-electron chi connectivity index (χ4n) is 2.59. The number of hydrogen-bond acceptors (Lipinski definition) is 3. The molecule has 5 N–H and O–H groups in total. The summed E-state index contributed by atoms with van der Waals surface area (Å²) in [5.74, 6) is -0.740. The SMILES string of the molecule is NC(=O)c1ccc(CNC(=O)c2ccc(NC(=O)Nc3ccccc3)cc2)cc1. The predicted octanol–water partition coefficient (Wildman–Crippen LogP) is 3.36. The van der Waals surface area contributed by atoms with E-state index in [1.54, 1.807) is 60.7 Å². The van der Waals surface area contributed by atoms with Crippen LogP contribution in [0, 0.1) is 0 Å². The highest BCUT2D eigenvalue weighted by molar-refractivity contribution is 6.00. The highest BCUT2D eigenvalue weighted by Gasteiger charge is 2.07. The van der Waals surface area contributed by atoms with Crippen LogP contribution in [0.3, 0.4) is 0 Å². The Morgan fingerprint density at radius 2 is 1.24 bits per heavy atom. The normalized spacial score (nSPS) is 10.1. The van der Waals surface area contributed by atoms with E-state index in [0.717, 1.165) is 5.56 Å². The number of primary amides is 1. The summed E-state index contributed by atoms with van der Waals surface area (Å²) in [5.41, 5.74) is 8.18. The second-order valence-corrected chi connectivity index (χ2v) is 6.27. The quantitative estimate of drug-likeness (QED) is 0.519. The maximum atomic E-state index is 12.3. The van der Waals surface area contributed by atoms with Crippen molar-refractivity contribution in [3.63, 3.8) is 0 Å². The minimum absolute atomic E-state index is 0.246. The Morgan fingerprint density at radius 1 is 0.690 bits per heavy atom. The molecular weight excluding hydrogens is 368 g/mol. The van der Waals surface area contributed by atoms with Gasteiger partial charge >= 0.3 is 6.03 Å². The zero-order valence-corrected chi connectivity index (χ0v) is 15.5. The summed E-state index contributed by atoms with van der Waals surface area (Å²) >= 11 is 0. The number of benzene rings is 3. The number of para-hydroxylation sites is 1. The van der Waals surface area contributed by atoms with Crippen molar-refractivity contribution >= 4 is 29.2 Å². The first-order chi connectivity index (χ1) is 14.0. The summed E-state index contributed by atoms with van der Waals surface area (Å²) in [6.07, 6.45) is 0. The van der Waals surface area contributed by atoms with Crippen LogP contribution in [0.25, 0.3) is 0 Å². The van der Waals surface area contributed by atoms with E-state index in [1.165, 1.54) is 0 Å². The van der Waals surface area contributed by atoms with Gasteiger partial charge < -0.3 is 21.7 Å². The molecule has 7 heteroatoms. The first kappa shape index (κ1) is 19.6. The number of rotatable bonds is 6. The molecule has 0 aliphatic rings. The van der Waals surface area contributed by atoms with Crippen molar-refractivity contribution in [3.8, 4) is 0 Å². The lowest BCUT2D eigenvalue weighted by atomic mass is 10.1. The maximum absolute atomic E-state index is 12.3. The average molecular weight is 388 g/mol. The van der Waals surface area contributed by atoms with Gasteiger partial charge in [0.2, 0.25) is 5.91 Å². The van der Waals surface area contributed by atoms with Gasteiger partial charge in [0, 0.05) is 29.0 Å². The zero-order chi connectivity index (χ0) is 20.6. The van der Waals surface area contributed by atoms with Crippen molar-refractivity contribution in [1.29, 1.82) is 0 Å². The zero-order valence-electron chi connectivity index (χ0n) is 15.5. The third kappa shape index (κ3) is 5.67. The van der Waals surface area contributed by atoms with E-state index in [4.69, 9.17) is 5.73 Å². The first-order valence-corrected chi connectivity index (χ1v) is 8.91. The molecule has 3 aromatic carbocycles. The molecule has 0 fully saturated rings. The number of amides is 4. The molecule has 4 amide bonds. The molecule has 7 nitrogen and oxygen atoms in total. The third-order valence-corrected chi connectivity index (χ3v) is 4.13. The smallest absolute Gasteiger partial charge is 0.323 e. The summed E-state index contributed by atoms with van der Waals surface area (Å²) in [5, 5.41) is 8.23. The van der Waals surface area contributed by atoms with E-state index < -0.39 is 5.91 Å². The molecule has 0 aromatic heterocycles. The lowest BCUT2D eigenvalue weighted by Crippen LogP contribution is -2.23. The summed E-state index contributed by atoms with van der Waals surface area (Å²) in [7, 11) is 0. The van der Waals surface area contributed by atoms with Gasteiger partial charge in [-0.15, -0.1) is 0 Å². The summed E-state index contributed by atoms with van der Waals surface area (Å²) in [6, 6.07) is 22.0. The molecule has 3 aromatic rings. The van der Waals surface area contributed by atoms with Crippen LogP contribution in [-0.2, 0) is 6.54 Å². The van der Waals surface area contributed by atoms with Crippen molar-refractivity contribution in [2.75, 3.05) is 10.6 Å². The number of nitrogens with two attached hydrogens (primary N) is 1. The van der Waals surface area contributed by atoms with Crippen LogP contribution in [0.4, 0.5) is 16.2 Å². The van der Waals surface area contributed by atoms with Gasteiger partial charge in [-0.25, -0.2) is 4.79 Å². The van der Waals surface area contributed by atoms with Crippen LogP contribution >= 0.6 is 0 Å². The molecule has 0 aliphatic heterocycles. The summed E-state index contributed by atoms with van der Waals surface area (Å²) in [4.78, 5) is 35.4. The minimum Gasteiger partial charge on any atom is -0.366 e. The molecule has 0 saturated heterocycles. The van der Waals surface area contributed by atoms with Gasteiger partial charge in [-0.2, -0.15) is 0 Å². The van der Waals surface area contributed by atoms with Crippen molar-refractivity contribution in [1.82, 2.24) is 5.32 Å². The molecule has 3 rings (SSSR count). The van der Waals surface area contributed by atoms with E-state index in [0.29, 0.717) is 29.0 Å². The topological polar surface area (TPSA) is 113 Å². The Hall–Kier alpha value is -4.13. The number of nitrogens with one attached hydrogen (secondary N) is 3. The van der Waals surface area contributed by atoms with E-state index in [1.807, 2.05) is 18.2 Å². The Balaban J connectivity index is 1.51. The third-order valence-electron chi connectivity index (χ3n) is 4.13. The number of urea groups is 1. The fourth-order valence-corrected chi connectivity index (χ4v) is 2.59. The van der Waals surface area contributed by atoms with Gasteiger partial charge in [-0.1, -0.05) is 30.3 Å². The average Bonchev–Trinajstić information content (AvgIpc) is 2.73. The first-order valence-electron chi connectivity index (χ1n) is 8.91. The van der Waals surface area contributed by atoms with E-state index in [2.05, 4.69) is 16.0 Å². The molecule has 0 spiro atoms. The second kappa shape index (κ2) is 9.18. The van der Waals surface area contributed by atoms with Crippen molar-refractivity contribution in [2.45, 2.75) is 6.54 Å². The van der Waals surface area contributed by atoms with Crippen molar-refractivity contribution in [3.05, 3.63) is 95.6 Å². The Bertz CT molecular complexity index is 1000. The largest absolute Gasteiger partial charge is 0.366 e. The van der Waals surface area contributed by atoms with Crippen molar-refractivity contribution in [2.24, 2.45) is 5.73 Å². The molecule has 0 unspecified atom stereocenters. The van der Waals surface area contributed by atoms with Crippen LogP contribution in [0.5, 0.6) is 0 Å². The van der Waals surface area contributed by atoms with Crippen LogP contribution in [0.15, 0.2) is 78.9 Å². The van der Waals surface area contributed by atoms with E-state index >= 15 is 0 Å². The highest BCUT2D eigenvalue weighted by atomic mass is 16.2. The van der Waals surface area contributed by atoms with E-state index in [-0.39, 0.29) is 11.9 Å².